The molecule has 0 fully saturated rings. The third-order valence-corrected chi connectivity index (χ3v) is 4.71. The van der Waals surface area contributed by atoms with Crippen molar-refractivity contribution in [2.45, 2.75) is 0 Å². The molecule has 4 nitrogen and oxygen atoms in total. The summed E-state index contributed by atoms with van der Waals surface area (Å²) in [4.78, 5) is 24.9. The summed E-state index contributed by atoms with van der Waals surface area (Å²) in [6.07, 6.45) is 0. The van der Waals surface area contributed by atoms with Crippen molar-refractivity contribution in [3.8, 4) is 11.1 Å². The van der Waals surface area contributed by atoms with E-state index in [0.29, 0.717) is 28.0 Å². The maximum atomic E-state index is 12.6. The van der Waals surface area contributed by atoms with Crippen LogP contribution in [0.4, 0.5) is 5.69 Å². The number of carbonyl (C=O) groups excluding carboxylic acids is 1. The summed E-state index contributed by atoms with van der Waals surface area (Å²) < 4.78 is 6.33. The van der Waals surface area contributed by atoms with Crippen molar-refractivity contribution in [3.63, 3.8) is 0 Å². The van der Waals surface area contributed by atoms with Gasteiger partial charge in [0.25, 0.3) is 5.91 Å². The maximum absolute atomic E-state index is 12.6. The van der Waals surface area contributed by atoms with Crippen LogP contribution in [-0.2, 0) is 0 Å². The number of nitrogens with one attached hydrogen (secondary N) is 1. The number of hydrogen-bond acceptors (Lipinski definition) is 3. The highest BCUT2D eigenvalue weighted by atomic mass is 79.9. The fourth-order valence-electron chi connectivity index (χ4n) is 2.83. The summed E-state index contributed by atoms with van der Waals surface area (Å²) in [5.74, 6) is -0.246. The molecule has 1 amide bonds. The molecule has 3 aromatic carbocycles. The summed E-state index contributed by atoms with van der Waals surface area (Å²) in [6, 6.07) is 23.4. The average molecular weight is 420 g/mol. The minimum absolute atomic E-state index is 0.246. The number of rotatable bonds is 3. The molecule has 1 N–H and O–H groups in total. The Morgan fingerprint density at radius 2 is 1.67 bits per heavy atom. The molecule has 0 aliphatic heterocycles. The minimum Gasteiger partial charge on any atom is -0.422 e. The normalized spacial score (nSPS) is 10.7. The average Bonchev–Trinajstić information content (AvgIpc) is 2.69. The van der Waals surface area contributed by atoms with Crippen molar-refractivity contribution < 1.29 is 9.21 Å². The van der Waals surface area contributed by atoms with Gasteiger partial charge in [-0.25, -0.2) is 4.79 Å². The minimum atomic E-state index is -0.431. The summed E-state index contributed by atoms with van der Waals surface area (Å²) in [7, 11) is 0. The molecule has 0 atom stereocenters. The molecule has 5 heteroatoms. The second kappa shape index (κ2) is 7.21. The van der Waals surface area contributed by atoms with Crippen molar-refractivity contribution in [1.29, 1.82) is 0 Å². The lowest BCUT2D eigenvalue weighted by Gasteiger charge is -2.07. The van der Waals surface area contributed by atoms with Gasteiger partial charge in [0.15, 0.2) is 0 Å². The Kier molecular flexibility index (Phi) is 4.60. The second-order valence-corrected chi connectivity index (χ2v) is 6.94. The van der Waals surface area contributed by atoms with Gasteiger partial charge < -0.3 is 9.73 Å². The van der Waals surface area contributed by atoms with E-state index >= 15 is 0 Å². The monoisotopic (exact) mass is 419 g/mol. The smallest absolute Gasteiger partial charge is 0.344 e. The van der Waals surface area contributed by atoms with Crippen LogP contribution in [0.1, 0.15) is 10.4 Å². The molecule has 0 aliphatic carbocycles. The van der Waals surface area contributed by atoms with E-state index in [-0.39, 0.29) is 5.91 Å². The predicted octanol–water partition coefficient (Wildman–Crippen LogP) is 5.47. The highest BCUT2D eigenvalue weighted by molar-refractivity contribution is 9.10. The van der Waals surface area contributed by atoms with Crippen LogP contribution in [0.5, 0.6) is 0 Å². The number of amides is 1. The van der Waals surface area contributed by atoms with Crippen LogP contribution in [0.2, 0.25) is 0 Å². The molecule has 0 unspecified atom stereocenters. The Labute approximate surface area is 163 Å². The molecule has 0 spiro atoms. The highest BCUT2D eigenvalue weighted by Gasteiger charge is 2.11. The Morgan fingerprint density at radius 1 is 0.889 bits per heavy atom. The number of para-hydroxylation sites is 1. The lowest BCUT2D eigenvalue weighted by atomic mass is 10.0. The first-order valence-corrected chi connectivity index (χ1v) is 9.10. The number of fused-ring (bicyclic) bond motifs is 1. The van der Waals surface area contributed by atoms with Crippen molar-refractivity contribution in [3.05, 3.63) is 99.3 Å². The van der Waals surface area contributed by atoms with Crippen molar-refractivity contribution >= 4 is 38.5 Å². The van der Waals surface area contributed by atoms with E-state index in [1.807, 2.05) is 42.5 Å². The van der Waals surface area contributed by atoms with E-state index < -0.39 is 5.63 Å². The van der Waals surface area contributed by atoms with Gasteiger partial charge in [-0.2, -0.15) is 0 Å². The molecule has 27 heavy (non-hydrogen) atoms. The number of hydrogen-bond donors (Lipinski definition) is 1. The Morgan fingerprint density at radius 3 is 2.48 bits per heavy atom. The summed E-state index contributed by atoms with van der Waals surface area (Å²) in [5, 5.41) is 3.68. The van der Waals surface area contributed by atoms with Crippen molar-refractivity contribution in [2.75, 3.05) is 5.32 Å². The molecule has 1 aromatic heterocycles. The van der Waals surface area contributed by atoms with Gasteiger partial charge in [-0.3, -0.25) is 4.79 Å². The summed E-state index contributed by atoms with van der Waals surface area (Å²) >= 11 is 3.36. The van der Waals surface area contributed by atoms with E-state index in [1.54, 1.807) is 36.4 Å². The van der Waals surface area contributed by atoms with E-state index in [2.05, 4.69) is 21.2 Å². The Bertz CT molecular complexity index is 1200. The van der Waals surface area contributed by atoms with Gasteiger partial charge in [-0.15, -0.1) is 0 Å². The summed E-state index contributed by atoms with van der Waals surface area (Å²) in [5.41, 5.74) is 2.32. The van der Waals surface area contributed by atoms with Crippen LogP contribution in [0.3, 0.4) is 0 Å². The standard InChI is InChI=1S/C22H14BrNO3/c23-17-8-10-18(11-9-17)24-21(25)16-6-3-5-14(12-16)19-13-15-4-1-2-7-20(15)27-22(19)26/h1-13H,(H,24,25). The van der Waals surface area contributed by atoms with E-state index in [0.717, 1.165) is 9.86 Å². The third-order valence-electron chi connectivity index (χ3n) is 4.18. The lowest BCUT2D eigenvalue weighted by molar-refractivity contribution is 0.102. The molecule has 0 saturated carbocycles. The van der Waals surface area contributed by atoms with Crippen LogP contribution in [0.25, 0.3) is 22.1 Å². The van der Waals surface area contributed by atoms with Gasteiger partial charge in [0, 0.05) is 21.1 Å². The summed E-state index contributed by atoms with van der Waals surface area (Å²) in [6.45, 7) is 0. The number of benzene rings is 3. The molecule has 0 radical (unpaired) electrons. The number of carbonyl (C=O) groups is 1. The van der Waals surface area contributed by atoms with Crippen LogP contribution in [0.15, 0.2) is 92.5 Å². The molecule has 4 rings (SSSR count). The molecule has 1 heterocycles. The zero-order chi connectivity index (χ0) is 18.8. The van der Waals surface area contributed by atoms with Gasteiger partial charge >= 0.3 is 5.63 Å². The first kappa shape index (κ1) is 17.2. The van der Waals surface area contributed by atoms with Gasteiger partial charge in [0.05, 0.1) is 5.56 Å². The van der Waals surface area contributed by atoms with E-state index in [1.165, 1.54) is 0 Å². The maximum Gasteiger partial charge on any atom is 0.344 e. The van der Waals surface area contributed by atoms with Crippen LogP contribution < -0.4 is 10.9 Å². The number of halogens is 1. The van der Waals surface area contributed by atoms with Crippen molar-refractivity contribution in [1.82, 2.24) is 0 Å². The molecule has 132 valence electrons. The van der Waals surface area contributed by atoms with Gasteiger partial charge in [0.1, 0.15) is 5.58 Å². The highest BCUT2D eigenvalue weighted by Crippen LogP contribution is 2.22. The first-order chi connectivity index (χ1) is 13.1. The van der Waals surface area contributed by atoms with Crippen molar-refractivity contribution in [2.24, 2.45) is 0 Å². The second-order valence-electron chi connectivity index (χ2n) is 6.03. The fourth-order valence-corrected chi connectivity index (χ4v) is 3.09. The fraction of sp³-hybridized carbons (Fsp3) is 0. The van der Waals surface area contributed by atoms with Crippen LogP contribution in [-0.4, -0.2) is 5.91 Å². The predicted molar refractivity (Wildman–Crippen MR) is 110 cm³/mol. The topological polar surface area (TPSA) is 59.3 Å². The largest absolute Gasteiger partial charge is 0.422 e. The molecular formula is C22H14BrNO3. The Balaban J connectivity index is 1.68. The van der Waals surface area contributed by atoms with Crippen LogP contribution in [0, 0.1) is 0 Å². The van der Waals surface area contributed by atoms with E-state index in [4.69, 9.17) is 4.42 Å². The zero-order valence-corrected chi connectivity index (χ0v) is 15.7. The van der Waals surface area contributed by atoms with Gasteiger partial charge in [-0.1, -0.05) is 46.3 Å². The quantitative estimate of drug-likeness (QED) is 0.447. The van der Waals surface area contributed by atoms with Gasteiger partial charge in [-0.05, 0) is 54.1 Å². The number of anilines is 1. The van der Waals surface area contributed by atoms with E-state index in [9.17, 15) is 9.59 Å². The first-order valence-electron chi connectivity index (χ1n) is 8.30. The zero-order valence-electron chi connectivity index (χ0n) is 14.1. The third kappa shape index (κ3) is 3.68. The molecule has 0 aliphatic rings. The SMILES string of the molecule is O=C(Nc1ccc(Br)cc1)c1cccc(-c2cc3ccccc3oc2=O)c1. The molecule has 0 bridgehead atoms. The molecule has 0 saturated heterocycles. The van der Waals surface area contributed by atoms with Gasteiger partial charge in [0.2, 0.25) is 0 Å². The molecular weight excluding hydrogens is 406 g/mol. The van der Waals surface area contributed by atoms with Crippen LogP contribution >= 0.6 is 15.9 Å². The Hall–Kier alpha value is -3.18. The lowest BCUT2D eigenvalue weighted by Crippen LogP contribution is -2.12. The molecule has 4 aromatic rings.